The fraction of sp³-hybridized carbons (Fsp3) is 1.00. The monoisotopic (exact) mass is 129 g/mol. The minimum Gasteiger partial charge on any atom is -0.314 e. The first-order chi connectivity index (χ1) is 4.22. The fourth-order valence-electron chi connectivity index (χ4n) is 0.877. The summed E-state index contributed by atoms with van der Waals surface area (Å²) in [5.74, 6) is 0.810. The molecule has 0 radical (unpaired) electrons. The molecule has 56 valence electrons. The van der Waals surface area contributed by atoms with Gasteiger partial charge in [0.05, 0.1) is 0 Å². The molecule has 0 heterocycles. The highest BCUT2D eigenvalue weighted by molar-refractivity contribution is 4.65. The Bertz CT molecular complexity index is 61.6. The van der Waals surface area contributed by atoms with Crippen LogP contribution >= 0.6 is 0 Å². The Balaban J connectivity index is 3.32. The first kappa shape index (κ1) is 8.96. The molecule has 1 nitrogen and oxygen atoms in total. The highest BCUT2D eigenvalue weighted by atomic mass is 14.9. The van der Waals surface area contributed by atoms with Crippen molar-refractivity contribution in [2.75, 3.05) is 6.54 Å². The van der Waals surface area contributed by atoms with E-state index in [0.717, 1.165) is 12.5 Å². The van der Waals surface area contributed by atoms with Crippen molar-refractivity contribution in [3.05, 3.63) is 0 Å². The number of hydrogen-bond acceptors (Lipinski definition) is 1. The van der Waals surface area contributed by atoms with E-state index in [0.29, 0.717) is 6.04 Å². The molecule has 2 atom stereocenters. The number of hydrogen-bond donors (Lipinski definition) is 1. The molecule has 1 N–H and O–H groups in total. The second kappa shape index (κ2) is 4.80. The molecule has 0 spiro atoms. The molecular weight excluding hydrogens is 110 g/mol. The summed E-state index contributed by atoms with van der Waals surface area (Å²) >= 11 is 0. The maximum Gasteiger partial charge on any atom is 0.00641 e. The lowest BCUT2D eigenvalue weighted by Gasteiger charge is -2.18. The molecule has 0 unspecified atom stereocenters. The lowest BCUT2D eigenvalue weighted by Crippen LogP contribution is -2.31. The average Bonchev–Trinajstić information content (AvgIpc) is 1.87. The van der Waals surface area contributed by atoms with Gasteiger partial charge in [-0.3, -0.25) is 0 Å². The van der Waals surface area contributed by atoms with Crippen molar-refractivity contribution in [1.82, 2.24) is 5.32 Å². The molecule has 0 amide bonds. The van der Waals surface area contributed by atoms with Gasteiger partial charge in [0.1, 0.15) is 0 Å². The zero-order valence-corrected chi connectivity index (χ0v) is 7.07. The van der Waals surface area contributed by atoms with Crippen LogP contribution in [0.2, 0.25) is 0 Å². The molecule has 0 fully saturated rings. The van der Waals surface area contributed by atoms with Crippen molar-refractivity contribution in [3.63, 3.8) is 0 Å². The van der Waals surface area contributed by atoms with E-state index in [1.807, 2.05) is 0 Å². The third kappa shape index (κ3) is 3.52. The van der Waals surface area contributed by atoms with E-state index in [1.54, 1.807) is 0 Å². The van der Waals surface area contributed by atoms with Crippen LogP contribution in [0, 0.1) is 5.92 Å². The second-order valence-electron chi connectivity index (χ2n) is 2.73. The van der Waals surface area contributed by atoms with Gasteiger partial charge in [-0.15, -0.1) is 0 Å². The van der Waals surface area contributed by atoms with Gasteiger partial charge in [0.2, 0.25) is 0 Å². The van der Waals surface area contributed by atoms with Crippen molar-refractivity contribution in [2.24, 2.45) is 5.92 Å². The molecule has 0 aliphatic heterocycles. The molecule has 0 rings (SSSR count). The first-order valence-corrected chi connectivity index (χ1v) is 3.95. The van der Waals surface area contributed by atoms with Crippen LogP contribution in [0.3, 0.4) is 0 Å². The Morgan fingerprint density at radius 1 is 1.22 bits per heavy atom. The van der Waals surface area contributed by atoms with Crippen LogP contribution in [0.4, 0.5) is 0 Å². The molecule has 1 heteroatoms. The molecule has 0 aromatic carbocycles. The zero-order valence-electron chi connectivity index (χ0n) is 7.07. The Kier molecular flexibility index (Phi) is 4.78. The van der Waals surface area contributed by atoms with Crippen LogP contribution < -0.4 is 5.32 Å². The molecule has 0 bridgehead atoms. The minimum absolute atomic E-state index is 0.681. The molecular formula is C8H19N. The van der Waals surface area contributed by atoms with Gasteiger partial charge in [-0.25, -0.2) is 0 Å². The fourth-order valence-corrected chi connectivity index (χ4v) is 0.877. The topological polar surface area (TPSA) is 12.0 Å². The Labute approximate surface area is 58.8 Å². The maximum atomic E-state index is 3.40. The van der Waals surface area contributed by atoms with Crippen molar-refractivity contribution >= 4 is 0 Å². The highest BCUT2D eigenvalue weighted by Crippen LogP contribution is 2.05. The van der Waals surface area contributed by atoms with Gasteiger partial charge in [-0.1, -0.05) is 27.2 Å². The standard InChI is InChI=1S/C8H19N/c1-5-7(3)8(4)9-6-2/h7-9H,5-6H2,1-4H3/t7-,8-/m1/s1. The van der Waals surface area contributed by atoms with Crippen LogP contribution in [0.5, 0.6) is 0 Å². The second-order valence-corrected chi connectivity index (χ2v) is 2.73. The molecule has 0 aromatic rings. The Morgan fingerprint density at radius 3 is 2.11 bits per heavy atom. The SMILES string of the molecule is CCN[C@H](C)[C@H](C)CC. The summed E-state index contributed by atoms with van der Waals surface area (Å²) in [6.07, 6.45) is 1.27. The smallest absolute Gasteiger partial charge is 0.00641 e. The van der Waals surface area contributed by atoms with Crippen LogP contribution in [-0.4, -0.2) is 12.6 Å². The molecule has 0 saturated heterocycles. The van der Waals surface area contributed by atoms with Gasteiger partial charge in [0, 0.05) is 6.04 Å². The quantitative estimate of drug-likeness (QED) is 0.612. The normalized spacial score (nSPS) is 17.3. The van der Waals surface area contributed by atoms with E-state index < -0.39 is 0 Å². The highest BCUT2D eigenvalue weighted by Gasteiger charge is 2.06. The lowest BCUT2D eigenvalue weighted by atomic mass is 10.0. The third-order valence-electron chi connectivity index (χ3n) is 2.02. The van der Waals surface area contributed by atoms with Crippen molar-refractivity contribution < 1.29 is 0 Å². The van der Waals surface area contributed by atoms with E-state index in [4.69, 9.17) is 0 Å². The molecule has 0 aliphatic carbocycles. The van der Waals surface area contributed by atoms with E-state index in [1.165, 1.54) is 6.42 Å². The number of rotatable bonds is 4. The summed E-state index contributed by atoms with van der Waals surface area (Å²) in [6.45, 7) is 10.0. The van der Waals surface area contributed by atoms with E-state index in [2.05, 4.69) is 33.0 Å². The van der Waals surface area contributed by atoms with Gasteiger partial charge < -0.3 is 5.32 Å². The predicted octanol–water partition coefficient (Wildman–Crippen LogP) is 2.03. The van der Waals surface area contributed by atoms with Gasteiger partial charge in [-0.05, 0) is 19.4 Å². The van der Waals surface area contributed by atoms with Crippen LogP contribution in [0.25, 0.3) is 0 Å². The Morgan fingerprint density at radius 2 is 1.78 bits per heavy atom. The van der Waals surface area contributed by atoms with Gasteiger partial charge in [0.15, 0.2) is 0 Å². The largest absolute Gasteiger partial charge is 0.314 e. The van der Waals surface area contributed by atoms with Crippen molar-refractivity contribution in [3.8, 4) is 0 Å². The summed E-state index contributed by atoms with van der Waals surface area (Å²) in [4.78, 5) is 0. The molecule has 9 heavy (non-hydrogen) atoms. The minimum atomic E-state index is 0.681. The number of nitrogens with one attached hydrogen (secondary N) is 1. The maximum absolute atomic E-state index is 3.40. The summed E-state index contributed by atoms with van der Waals surface area (Å²) in [5, 5.41) is 3.40. The van der Waals surface area contributed by atoms with Gasteiger partial charge in [0.25, 0.3) is 0 Å². The first-order valence-electron chi connectivity index (χ1n) is 3.95. The zero-order chi connectivity index (χ0) is 7.28. The van der Waals surface area contributed by atoms with E-state index >= 15 is 0 Å². The Hall–Kier alpha value is -0.0400. The van der Waals surface area contributed by atoms with E-state index in [-0.39, 0.29) is 0 Å². The summed E-state index contributed by atoms with van der Waals surface area (Å²) in [7, 11) is 0. The summed E-state index contributed by atoms with van der Waals surface area (Å²) in [5.41, 5.74) is 0. The van der Waals surface area contributed by atoms with Gasteiger partial charge in [-0.2, -0.15) is 0 Å². The average molecular weight is 129 g/mol. The van der Waals surface area contributed by atoms with Crippen molar-refractivity contribution in [1.29, 1.82) is 0 Å². The molecule has 0 aliphatic rings. The third-order valence-corrected chi connectivity index (χ3v) is 2.02. The van der Waals surface area contributed by atoms with Crippen LogP contribution in [-0.2, 0) is 0 Å². The van der Waals surface area contributed by atoms with Gasteiger partial charge >= 0.3 is 0 Å². The van der Waals surface area contributed by atoms with E-state index in [9.17, 15) is 0 Å². The van der Waals surface area contributed by atoms with Crippen LogP contribution in [0.15, 0.2) is 0 Å². The van der Waals surface area contributed by atoms with Crippen molar-refractivity contribution in [2.45, 2.75) is 40.2 Å². The molecule has 0 aromatic heterocycles. The summed E-state index contributed by atoms with van der Waals surface area (Å²) < 4.78 is 0. The predicted molar refractivity (Wildman–Crippen MR) is 42.6 cm³/mol. The summed E-state index contributed by atoms with van der Waals surface area (Å²) in [6, 6.07) is 0.681. The molecule has 0 saturated carbocycles. The lowest BCUT2D eigenvalue weighted by molar-refractivity contribution is 0.398. The van der Waals surface area contributed by atoms with Crippen LogP contribution in [0.1, 0.15) is 34.1 Å².